The van der Waals surface area contributed by atoms with Gasteiger partial charge in [0.05, 0.1) is 5.60 Å². The highest BCUT2D eigenvalue weighted by Gasteiger charge is 2.51. The van der Waals surface area contributed by atoms with E-state index >= 15 is 0 Å². The molecule has 1 unspecified atom stereocenters. The van der Waals surface area contributed by atoms with Crippen molar-refractivity contribution < 1.29 is 33.0 Å². The van der Waals surface area contributed by atoms with Crippen molar-refractivity contribution >= 4 is 11.9 Å². The third kappa shape index (κ3) is 5.70. The number of fused-ring (bicyclic) bond motifs is 2. The quantitative estimate of drug-likeness (QED) is 0.471. The number of carbonyl (C=O) groups is 2. The maximum Gasteiger partial charge on any atom is 0.490 e. The van der Waals surface area contributed by atoms with Gasteiger partial charge in [-0.3, -0.25) is 4.79 Å². The van der Waals surface area contributed by atoms with Gasteiger partial charge in [0.2, 0.25) is 0 Å². The van der Waals surface area contributed by atoms with E-state index in [4.69, 9.17) is 14.9 Å². The lowest BCUT2D eigenvalue weighted by Crippen LogP contribution is -2.59. The molecule has 4 heterocycles. The lowest BCUT2D eigenvalue weighted by atomic mass is 9.66. The number of carboxylic acid groups (broad SMARTS) is 1. The number of benzene rings is 1. The summed E-state index contributed by atoms with van der Waals surface area (Å²) in [7, 11) is 0. The number of halogens is 3. The lowest BCUT2D eigenvalue weighted by Gasteiger charge is -2.52. The van der Waals surface area contributed by atoms with Gasteiger partial charge in [-0.2, -0.15) is 13.2 Å². The molecule has 1 amide bonds. The van der Waals surface area contributed by atoms with Crippen molar-refractivity contribution in [3.8, 4) is 11.5 Å². The van der Waals surface area contributed by atoms with Gasteiger partial charge in [-0.15, -0.1) is 0 Å². The molecule has 0 radical (unpaired) electrons. The number of nitrogens with zero attached hydrogens (tertiary/aromatic N) is 5. The number of amides is 1. The second-order valence-electron chi connectivity index (χ2n) is 10.7. The third-order valence-corrected chi connectivity index (χ3v) is 8.34. The van der Waals surface area contributed by atoms with Gasteiger partial charge in [-0.1, -0.05) is 43.2 Å². The first kappa shape index (κ1) is 28.7. The predicted octanol–water partition coefficient (Wildman–Crippen LogP) is 4.60. The summed E-state index contributed by atoms with van der Waals surface area (Å²) in [5.41, 5.74) is 1.89. The van der Waals surface area contributed by atoms with Crippen LogP contribution in [-0.4, -0.2) is 65.3 Å². The molecule has 0 bridgehead atoms. The molecule has 2 aromatic heterocycles. The number of carboxylic acids is 1. The summed E-state index contributed by atoms with van der Waals surface area (Å²) >= 11 is 0. The number of hydrogen-bond acceptors (Lipinski definition) is 6. The molecule has 1 aliphatic carbocycles. The fourth-order valence-electron chi connectivity index (χ4n) is 6.46. The molecule has 2 fully saturated rings. The van der Waals surface area contributed by atoms with Crippen LogP contribution in [0.15, 0.2) is 48.8 Å². The molecule has 9 nitrogen and oxygen atoms in total. The molecule has 2 aliphatic heterocycles. The summed E-state index contributed by atoms with van der Waals surface area (Å²) in [6.45, 7) is 1.33. The van der Waals surface area contributed by atoms with Gasteiger partial charge in [0.1, 0.15) is 5.69 Å². The fourth-order valence-corrected chi connectivity index (χ4v) is 6.46. The van der Waals surface area contributed by atoms with Crippen LogP contribution in [0.25, 0.3) is 11.5 Å². The summed E-state index contributed by atoms with van der Waals surface area (Å²) in [5.74, 6) is -1.65. The minimum Gasteiger partial charge on any atom is -0.475 e. The van der Waals surface area contributed by atoms with Gasteiger partial charge < -0.3 is 19.7 Å². The Balaban J connectivity index is 0.000000431. The second-order valence-corrected chi connectivity index (χ2v) is 10.7. The molecule has 3 atom stereocenters. The molecular formula is C29H32F3N5O4. The highest BCUT2D eigenvalue weighted by Crippen LogP contribution is 2.47. The zero-order valence-electron chi connectivity index (χ0n) is 22.4. The first-order valence-electron chi connectivity index (χ1n) is 13.9. The number of rotatable bonds is 3. The van der Waals surface area contributed by atoms with Crippen LogP contribution in [0, 0.1) is 5.92 Å². The van der Waals surface area contributed by atoms with Crippen LogP contribution in [0.5, 0.6) is 0 Å². The van der Waals surface area contributed by atoms with Crippen molar-refractivity contribution in [3.63, 3.8) is 0 Å². The van der Waals surface area contributed by atoms with E-state index in [2.05, 4.69) is 14.5 Å². The molecule has 0 spiro atoms. The number of likely N-dealkylation sites (tertiary alicyclic amines) is 1. The average Bonchev–Trinajstić information content (AvgIpc) is 3.38. The van der Waals surface area contributed by atoms with Crippen LogP contribution in [0.3, 0.4) is 0 Å². The van der Waals surface area contributed by atoms with E-state index in [0.717, 1.165) is 68.4 Å². The third-order valence-electron chi connectivity index (χ3n) is 8.34. The standard InChI is InChI=1S/C27H31N5O2.C2HF3O2/c33-26(25-30-23(24-28-15-8-16-29-24)22-13-6-7-17-31(22)25)32-18-14-27(34,19-9-2-1-3-10-19)20-11-4-5-12-21(20)32;3-2(4,5)1(6)7/h1-3,8-10,15-16,20-21,34H,4-7,11-14,17-18H2;(H,6,7)/t20-,21?,27-;/m0./s1. The van der Waals surface area contributed by atoms with Crippen LogP contribution in [0.4, 0.5) is 13.2 Å². The number of alkyl halides is 3. The van der Waals surface area contributed by atoms with Crippen LogP contribution in [0.2, 0.25) is 0 Å². The smallest absolute Gasteiger partial charge is 0.475 e. The normalized spacial score (nSPS) is 24.0. The maximum absolute atomic E-state index is 14.0. The number of carbonyl (C=O) groups excluding carboxylic acids is 1. The van der Waals surface area contributed by atoms with Crippen molar-refractivity contribution in [1.29, 1.82) is 0 Å². The monoisotopic (exact) mass is 571 g/mol. The highest BCUT2D eigenvalue weighted by atomic mass is 19.4. The van der Waals surface area contributed by atoms with E-state index in [1.807, 2.05) is 35.2 Å². The first-order valence-corrected chi connectivity index (χ1v) is 13.9. The molecule has 1 saturated carbocycles. The number of aliphatic carboxylic acids is 1. The van der Waals surface area contributed by atoms with Gasteiger partial charge in [0.15, 0.2) is 11.6 Å². The topological polar surface area (TPSA) is 121 Å². The van der Waals surface area contributed by atoms with Crippen molar-refractivity contribution in [3.05, 3.63) is 65.9 Å². The predicted molar refractivity (Wildman–Crippen MR) is 142 cm³/mol. The van der Waals surface area contributed by atoms with E-state index in [0.29, 0.717) is 24.6 Å². The van der Waals surface area contributed by atoms with Gasteiger partial charge in [-0.05, 0) is 50.2 Å². The van der Waals surface area contributed by atoms with Crippen molar-refractivity contribution in [1.82, 2.24) is 24.4 Å². The Morgan fingerprint density at radius 2 is 1.63 bits per heavy atom. The molecular weight excluding hydrogens is 539 g/mol. The Labute approximate surface area is 235 Å². The molecule has 41 heavy (non-hydrogen) atoms. The number of piperidine rings is 1. The molecule has 6 rings (SSSR count). The summed E-state index contributed by atoms with van der Waals surface area (Å²) in [6, 6.07) is 11.8. The summed E-state index contributed by atoms with van der Waals surface area (Å²) in [4.78, 5) is 38.6. The van der Waals surface area contributed by atoms with Gasteiger partial charge in [0.25, 0.3) is 5.91 Å². The minimum absolute atomic E-state index is 0.0163. The number of aromatic nitrogens is 4. The largest absolute Gasteiger partial charge is 0.490 e. The Morgan fingerprint density at radius 3 is 2.32 bits per heavy atom. The van der Waals surface area contributed by atoms with E-state index in [1.54, 1.807) is 18.5 Å². The zero-order chi connectivity index (χ0) is 29.2. The van der Waals surface area contributed by atoms with Crippen molar-refractivity contribution in [2.75, 3.05) is 6.54 Å². The Kier molecular flexibility index (Phi) is 8.12. The molecule has 3 aliphatic rings. The van der Waals surface area contributed by atoms with Crippen LogP contribution in [-0.2, 0) is 23.4 Å². The molecule has 3 aromatic rings. The number of aliphatic hydroxyl groups is 1. The molecule has 218 valence electrons. The lowest BCUT2D eigenvalue weighted by molar-refractivity contribution is -0.192. The SMILES string of the molecule is O=C(O)C(F)(F)F.O=C(c1nc(-c2ncccn2)c2n1CCCC2)N1CC[C@](O)(c2ccccc2)[C@H]2CCCCC21. The Bertz CT molecular complexity index is 1380. The molecule has 2 N–H and O–H groups in total. The van der Waals surface area contributed by atoms with Gasteiger partial charge >= 0.3 is 12.1 Å². The van der Waals surface area contributed by atoms with Crippen LogP contribution < -0.4 is 0 Å². The van der Waals surface area contributed by atoms with Crippen molar-refractivity contribution in [2.24, 2.45) is 5.92 Å². The van der Waals surface area contributed by atoms with E-state index in [1.165, 1.54) is 0 Å². The molecule has 1 saturated heterocycles. The highest BCUT2D eigenvalue weighted by molar-refractivity contribution is 5.92. The maximum atomic E-state index is 14.0. The second kappa shape index (κ2) is 11.6. The zero-order valence-corrected chi connectivity index (χ0v) is 22.4. The van der Waals surface area contributed by atoms with Crippen LogP contribution in [0.1, 0.15) is 66.8 Å². The van der Waals surface area contributed by atoms with Gasteiger partial charge in [0, 0.05) is 43.1 Å². The first-order chi connectivity index (χ1) is 19.6. The van der Waals surface area contributed by atoms with Crippen LogP contribution >= 0.6 is 0 Å². The average molecular weight is 572 g/mol. The Hall–Kier alpha value is -3.80. The number of hydrogen-bond donors (Lipinski definition) is 2. The van der Waals surface area contributed by atoms with E-state index in [-0.39, 0.29) is 17.9 Å². The fraction of sp³-hybridized carbons (Fsp3) is 0.483. The van der Waals surface area contributed by atoms with Crippen molar-refractivity contribution in [2.45, 2.75) is 75.7 Å². The molecule has 12 heteroatoms. The summed E-state index contributed by atoms with van der Waals surface area (Å²) in [5, 5.41) is 19.0. The van der Waals surface area contributed by atoms with E-state index < -0.39 is 17.7 Å². The number of imidazole rings is 1. The summed E-state index contributed by atoms with van der Waals surface area (Å²) < 4.78 is 33.8. The molecule has 1 aromatic carbocycles. The van der Waals surface area contributed by atoms with E-state index in [9.17, 15) is 23.1 Å². The summed E-state index contributed by atoms with van der Waals surface area (Å²) in [6.07, 6.45) is 5.94. The minimum atomic E-state index is -5.08. The van der Waals surface area contributed by atoms with Gasteiger partial charge in [-0.25, -0.2) is 19.7 Å². The Morgan fingerprint density at radius 1 is 0.951 bits per heavy atom.